The second kappa shape index (κ2) is 7.61. The van der Waals surface area contributed by atoms with Crippen LogP contribution in [-0.2, 0) is 9.47 Å². The lowest BCUT2D eigenvalue weighted by Gasteiger charge is -2.32. The van der Waals surface area contributed by atoms with Crippen LogP contribution in [0, 0.1) is 17.8 Å². The van der Waals surface area contributed by atoms with E-state index >= 15 is 0 Å². The third-order valence-corrected chi connectivity index (χ3v) is 4.90. The molecule has 3 heteroatoms. The Labute approximate surface area is 118 Å². The first-order chi connectivity index (χ1) is 9.28. The van der Waals surface area contributed by atoms with Crippen molar-refractivity contribution >= 4 is 0 Å². The van der Waals surface area contributed by atoms with Gasteiger partial charge in [0.1, 0.15) is 0 Å². The lowest BCUT2D eigenvalue weighted by molar-refractivity contribution is -0.157. The van der Waals surface area contributed by atoms with Gasteiger partial charge in [-0.2, -0.15) is 0 Å². The van der Waals surface area contributed by atoms with Crippen LogP contribution in [0.15, 0.2) is 0 Å². The van der Waals surface area contributed by atoms with Gasteiger partial charge in [-0.15, -0.1) is 0 Å². The van der Waals surface area contributed by atoms with Gasteiger partial charge < -0.3 is 14.8 Å². The number of rotatable bonds is 9. The monoisotopic (exact) mass is 269 g/mol. The van der Waals surface area contributed by atoms with E-state index in [2.05, 4.69) is 12.2 Å². The zero-order valence-corrected chi connectivity index (χ0v) is 12.9. The second-order valence-corrected chi connectivity index (χ2v) is 6.11. The normalized spacial score (nSPS) is 31.3. The molecule has 2 fully saturated rings. The number of nitrogens with one attached hydrogen (secondary N) is 1. The van der Waals surface area contributed by atoms with Crippen LogP contribution in [-0.4, -0.2) is 32.1 Å². The van der Waals surface area contributed by atoms with E-state index in [4.69, 9.17) is 9.47 Å². The Morgan fingerprint density at radius 2 is 1.79 bits per heavy atom. The molecule has 2 rings (SSSR count). The van der Waals surface area contributed by atoms with Gasteiger partial charge in [-0.3, -0.25) is 0 Å². The van der Waals surface area contributed by atoms with Crippen molar-refractivity contribution in [2.45, 2.75) is 65.2 Å². The molecule has 1 N–H and O–H groups in total. The quantitative estimate of drug-likeness (QED) is 0.652. The third kappa shape index (κ3) is 3.93. The first kappa shape index (κ1) is 15.3. The maximum Gasteiger partial charge on any atom is 0.172 e. The summed E-state index contributed by atoms with van der Waals surface area (Å²) >= 11 is 0. The van der Waals surface area contributed by atoms with Crippen molar-refractivity contribution in [3.63, 3.8) is 0 Å². The molecule has 0 saturated heterocycles. The maximum atomic E-state index is 5.80. The van der Waals surface area contributed by atoms with Crippen LogP contribution in [0.5, 0.6) is 0 Å². The molecule has 0 aliphatic heterocycles. The van der Waals surface area contributed by atoms with Crippen LogP contribution in [0.2, 0.25) is 0 Å². The Morgan fingerprint density at radius 3 is 2.26 bits per heavy atom. The highest BCUT2D eigenvalue weighted by atomic mass is 16.7. The van der Waals surface area contributed by atoms with Crippen molar-refractivity contribution in [3.8, 4) is 0 Å². The lowest BCUT2D eigenvalue weighted by atomic mass is 9.84. The summed E-state index contributed by atoms with van der Waals surface area (Å²) in [4.78, 5) is 0. The smallest absolute Gasteiger partial charge is 0.172 e. The van der Waals surface area contributed by atoms with E-state index in [1.807, 2.05) is 13.8 Å². The number of hydrogen-bond acceptors (Lipinski definition) is 3. The molecule has 0 radical (unpaired) electrons. The summed E-state index contributed by atoms with van der Waals surface area (Å²) in [6, 6.07) is 0.356. The molecule has 0 heterocycles. The van der Waals surface area contributed by atoms with Gasteiger partial charge in [-0.1, -0.05) is 13.3 Å². The average molecular weight is 269 g/mol. The van der Waals surface area contributed by atoms with E-state index in [9.17, 15) is 0 Å². The molecular weight excluding hydrogens is 238 g/mol. The fraction of sp³-hybridized carbons (Fsp3) is 1.00. The Hall–Kier alpha value is -0.120. The van der Waals surface area contributed by atoms with Crippen LogP contribution in [0.25, 0.3) is 0 Å². The average Bonchev–Trinajstić information content (AvgIpc) is 3.00. The Balaban J connectivity index is 1.90. The predicted molar refractivity (Wildman–Crippen MR) is 78.1 cm³/mol. The molecule has 0 aromatic heterocycles. The summed E-state index contributed by atoms with van der Waals surface area (Å²) < 4.78 is 11.6. The minimum atomic E-state index is -0.0749. The van der Waals surface area contributed by atoms with Gasteiger partial charge in [0.15, 0.2) is 6.29 Å². The van der Waals surface area contributed by atoms with E-state index in [1.165, 1.54) is 32.1 Å². The largest absolute Gasteiger partial charge is 0.351 e. The minimum absolute atomic E-state index is 0.0749. The first-order valence-corrected chi connectivity index (χ1v) is 8.24. The molecule has 2 aliphatic rings. The zero-order valence-electron chi connectivity index (χ0n) is 12.9. The lowest BCUT2D eigenvalue weighted by Crippen LogP contribution is -2.44. The van der Waals surface area contributed by atoms with Gasteiger partial charge in [0.25, 0.3) is 0 Å². The summed E-state index contributed by atoms with van der Waals surface area (Å²) in [5.41, 5.74) is 0. The minimum Gasteiger partial charge on any atom is -0.351 e. The highest BCUT2D eigenvalue weighted by Gasteiger charge is 2.41. The topological polar surface area (TPSA) is 30.5 Å². The van der Waals surface area contributed by atoms with E-state index in [0.717, 1.165) is 37.5 Å². The summed E-state index contributed by atoms with van der Waals surface area (Å²) in [6.07, 6.45) is 7.01. The van der Waals surface area contributed by atoms with Gasteiger partial charge >= 0.3 is 0 Å². The predicted octanol–water partition coefficient (Wildman–Crippen LogP) is 3.19. The Bertz CT molecular complexity index is 253. The number of fused-ring (bicyclic) bond motifs is 2. The maximum absolute atomic E-state index is 5.80. The summed E-state index contributed by atoms with van der Waals surface area (Å²) in [5.74, 6) is 2.90. The van der Waals surface area contributed by atoms with Gasteiger partial charge in [0, 0.05) is 13.2 Å². The summed E-state index contributed by atoms with van der Waals surface area (Å²) in [6.45, 7) is 8.70. The molecule has 0 amide bonds. The number of hydrogen-bond donors (Lipinski definition) is 1. The Morgan fingerprint density at radius 1 is 1.05 bits per heavy atom. The molecule has 0 aromatic carbocycles. The number of likely N-dealkylation sites (N-methyl/N-ethyl adjacent to an activating group) is 1. The van der Waals surface area contributed by atoms with Gasteiger partial charge in [0.05, 0.1) is 6.04 Å². The van der Waals surface area contributed by atoms with Crippen molar-refractivity contribution in [1.29, 1.82) is 0 Å². The van der Waals surface area contributed by atoms with Crippen molar-refractivity contribution in [2.24, 2.45) is 17.8 Å². The zero-order chi connectivity index (χ0) is 13.7. The van der Waals surface area contributed by atoms with Crippen molar-refractivity contribution in [3.05, 3.63) is 0 Å². The van der Waals surface area contributed by atoms with Crippen molar-refractivity contribution in [2.75, 3.05) is 19.8 Å². The second-order valence-electron chi connectivity index (χ2n) is 6.11. The van der Waals surface area contributed by atoms with Crippen LogP contribution in [0.4, 0.5) is 0 Å². The molecule has 2 saturated carbocycles. The van der Waals surface area contributed by atoms with Crippen LogP contribution < -0.4 is 5.32 Å². The van der Waals surface area contributed by atoms with E-state index < -0.39 is 0 Å². The summed E-state index contributed by atoms with van der Waals surface area (Å²) in [5, 5.41) is 3.59. The molecule has 112 valence electrons. The number of ether oxygens (including phenoxy) is 2. The van der Waals surface area contributed by atoms with Crippen LogP contribution >= 0.6 is 0 Å². The molecule has 0 aromatic rings. The van der Waals surface area contributed by atoms with Crippen LogP contribution in [0.1, 0.15) is 52.9 Å². The van der Waals surface area contributed by atoms with Crippen molar-refractivity contribution in [1.82, 2.24) is 5.32 Å². The van der Waals surface area contributed by atoms with Crippen molar-refractivity contribution < 1.29 is 9.47 Å². The molecule has 4 atom stereocenters. The molecule has 19 heavy (non-hydrogen) atoms. The molecule has 4 unspecified atom stereocenters. The van der Waals surface area contributed by atoms with Gasteiger partial charge in [-0.25, -0.2) is 0 Å². The molecule has 0 spiro atoms. The molecule has 2 aliphatic carbocycles. The molecule has 3 nitrogen and oxygen atoms in total. The van der Waals surface area contributed by atoms with E-state index in [1.54, 1.807) is 0 Å². The summed E-state index contributed by atoms with van der Waals surface area (Å²) in [7, 11) is 0. The first-order valence-electron chi connectivity index (χ1n) is 8.24. The van der Waals surface area contributed by atoms with E-state index in [0.29, 0.717) is 6.04 Å². The SMILES string of the molecule is CCNC(CC1CC2CCC1C2)C(OCC)OCC. The fourth-order valence-corrected chi connectivity index (χ4v) is 4.15. The highest BCUT2D eigenvalue weighted by Crippen LogP contribution is 2.50. The fourth-order valence-electron chi connectivity index (χ4n) is 4.15. The van der Waals surface area contributed by atoms with Crippen LogP contribution in [0.3, 0.4) is 0 Å². The standard InChI is InChI=1S/C16H31NO2/c1-4-17-15(16(18-5-2)19-6-3)11-14-10-12-7-8-13(14)9-12/h12-17H,4-11H2,1-3H3. The third-order valence-electron chi connectivity index (χ3n) is 4.90. The molecule has 2 bridgehead atoms. The Kier molecular flexibility index (Phi) is 6.11. The van der Waals surface area contributed by atoms with E-state index in [-0.39, 0.29) is 6.29 Å². The van der Waals surface area contributed by atoms with Gasteiger partial charge in [0.2, 0.25) is 0 Å². The highest BCUT2D eigenvalue weighted by molar-refractivity contribution is 4.92. The molecular formula is C16H31NO2. The van der Waals surface area contributed by atoms with Gasteiger partial charge in [-0.05, 0) is 63.8 Å².